The van der Waals surface area contributed by atoms with Crippen LogP contribution in [0.15, 0.2) is 97.2 Å². The Hall–Kier alpha value is -3.67. The summed E-state index contributed by atoms with van der Waals surface area (Å²) in [5.41, 5.74) is 0. The van der Waals surface area contributed by atoms with Gasteiger partial charge in [0.05, 0.1) is 0 Å². The van der Waals surface area contributed by atoms with Gasteiger partial charge in [0.2, 0.25) is 0 Å². The Morgan fingerprint density at radius 3 is 0.912 bits per heavy atom. The van der Waals surface area contributed by atoms with Crippen molar-refractivity contribution in [3.05, 3.63) is 97.2 Å². The van der Waals surface area contributed by atoms with Crippen molar-refractivity contribution in [1.82, 2.24) is 0 Å². The molecule has 0 aliphatic rings. The molecule has 0 saturated heterocycles. The summed E-state index contributed by atoms with van der Waals surface area (Å²) in [7, 11) is 0. The molecular weight excluding hydrogens is 841 g/mol. The molecule has 0 spiro atoms. The number of allylic oxidation sites excluding steroid dienone is 16. The first-order valence-electron chi connectivity index (χ1n) is 28.2. The number of ether oxygens (including phenoxy) is 3. The van der Waals surface area contributed by atoms with Gasteiger partial charge in [-0.3, -0.25) is 14.4 Å². The minimum absolute atomic E-state index is 0.0910. The second-order valence-electron chi connectivity index (χ2n) is 18.4. The van der Waals surface area contributed by atoms with Gasteiger partial charge in [0.1, 0.15) is 13.2 Å². The third kappa shape index (κ3) is 53.3. The fourth-order valence-corrected chi connectivity index (χ4v) is 7.62. The molecule has 0 N–H and O–H groups in total. The Morgan fingerprint density at radius 2 is 0.574 bits per heavy atom. The minimum Gasteiger partial charge on any atom is -0.462 e. The molecule has 0 fully saturated rings. The van der Waals surface area contributed by atoms with E-state index in [1.807, 2.05) is 0 Å². The van der Waals surface area contributed by atoms with Crippen LogP contribution in [0.3, 0.4) is 0 Å². The summed E-state index contributed by atoms with van der Waals surface area (Å²) < 4.78 is 16.8. The summed E-state index contributed by atoms with van der Waals surface area (Å²) in [5.74, 6) is -0.921. The lowest BCUT2D eigenvalue weighted by Gasteiger charge is -2.18. The Kier molecular flexibility index (Phi) is 52.9. The molecule has 0 rings (SSSR count). The van der Waals surface area contributed by atoms with E-state index < -0.39 is 6.10 Å². The maximum atomic E-state index is 12.9. The number of carbonyl (C=O) groups excluding carboxylic acids is 3. The van der Waals surface area contributed by atoms with Crippen molar-refractivity contribution < 1.29 is 28.6 Å². The summed E-state index contributed by atoms with van der Waals surface area (Å²) in [4.78, 5) is 38.1. The lowest BCUT2D eigenvalue weighted by atomic mass is 10.1. The number of esters is 3. The number of hydrogen-bond donors (Lipinski definition) is 0. The summed E-state index contributed by atoms with van der Waals surface area (Å²) >= 11 is 0. The van der Waals surface area contributed by atoms with Crippen molar-refractivity contribution in [3.63, 3.8) is 0 Å². The second kappa shape index (κ2) is 55.9. The zero-order valence-electron chi connectivity index (χ0n) is 44.3. The molecule has 1 atom stereocenters. The van der Waals surface area contributed by atoms with E-state index in [0.29, 0.717) is 19.3 Å². The van der Waals surface area contributed by atoms with Crippen molar-refractivity contribution in [2.24, 2.45) is 0 Å². The minimum atomic E-state index is -0.794. The van der Waals surface area contributed by atoms with Gasteiger partial charge in [0.15, 0.2) is 6.10 Å². The lowest BCUT2D eigenvalue weighted by molar-refractivity contribution is -0.167. The van der Waals surface area contributed by atoms with Crippen LogP contribution in [0.1, 0.15) is 258 Å². The summed E-state index contributed by atoms with van der Waals surface area (Å²) in [6, 6.07) is 0. The largest absolute Gasteiger partial charge is 0.462 e. The normalized spacial score (nSPS) is 12.8. The second-order valence-corrected chi connectivity index (χ2v) is 18.4. The topological polar surface area (TPSA) is 78.9 Å². The first-order valence-corrected chi connectivity index (χ1v) is 28.2. The van der Waals surface area contributed by atoms with E-state index in [1.54, 1.807) is 0 Å². The van der Waals surface area contributed by atoms with Crippen molar-refractivity contribution >= 4 is 17.9 Å². The number of carbonyl (C=O) groups is 3. The molecule has 0 amide bonds. The molecule has 0 aliphatic heterocycles. The molecule has 0 bridgehead atoms. The van der Waals surface area contributed by atoms with E-state index in [9.17, 15) is 14.4 Å². The van der Waals surface area contributed by atoms with Gasteiger partial charge in [-0.2, -0.15) is 0 Å². The van der Waals surface area contributed by atoms with Gasteiger partial charge < -0.3 is 14.2 Å². The highest BCUT2D eigenvalue weighted by Gasteiger charge is 2.19. The molecule has 0 aliphatic carbocycles. The molecule has 0 radical (unpaired) electrons. The van der Waals surface area contributed by atoms with Crippen LogP contribution in [0.4, 0.5) is 0 Å². The van der Waals surface area contributed by atoms with Crippen LogP contribution in [0.5, 0.6) is 0 Å². The Balaban J connectivity index is 4.44. The zero-order chi connectivity index (χ0) is 49.3. The maximum Gasteiger partial charge on any atom is 0.306 e. The van der Waals surface area contributed by atoms with Crippen LogP contribution in [0.2, 0.25) is 0 Å². The predicted octanol–water partition coefficient (Wildman–Crippen LogP) is 18.9. The van der Waals surface area contributed by atoms with Crippen molar-refractivity contribution in [2.45, 2.75) is 264 Å². The molecule has 1 unspecified atom stereocenters. The van der Waals surface area contributed by atoms with Gasteiger partial charge in [-0.25, -0.2) is 0 Å². The van der Waals surface area contributed by atoms with Gasteiger partial charge in [-0.05, 0) is 116 Å². The number of hydrogen-bond acceptors (Lipinski definition) is 6. The molecule has 0 saturated carbocycles. The molecule has 68 heavy (non-hydrogen) atoms. The third-order valence-electron chi connectivity index (χ3n) is 11.8. The average Bonchev–Trinajstić information content (AvgIpc) is 3.34. The SMILES string of the molecule is CC/C=C\C/C=C\C/C=C\C/C=C\CCCCCCCCC(=O)OCC(COC(=O)CCCCCCC/C=C\CCCCCCC)OC(=O)CCCCCCCCC/C=C\C/C=C\C/C=C\CC. The molecule has 0 aromatic carbocycles. The van der Waals surface area contributed by atoms with E-state index >= 15 is 0 Å². The van der Waals surface area contributed by atoms with Crippen LogP contribution < -0.4 is 0 Å². The molecule has 0 aromatic heterocycles. The monoisotopic (exact) mass is 945 g/mol. The van der Waals surface area contributed by atoms with Crippen LogP contribution in [0, 0.1) is 0 Å². The van der Waals surface area contributed by atoms with Gasteiger partial charge in [-0.15, -0.1) is 0 Å². The highest BCUT2D eigenvalue weighted by molar-refractivity contribution is 5.71. The molecule has 388 valence electrons. The highest BCUT2D eigenvalue weighted by atomic mass is 16.6. The smallest absolute Gasteiger partial charge is 0.306 e. The van der Waals surface area contributed by atoms with Gasteiger partial charge >= 0.3 is 17.9 Å². The third-order valence-corrected chi connectivity index (χ3v) is 11.8. The summed E-state index contributed by atoms with van der Waals surface area (Å²) in [6.45, 7) is 6.39. The quantitative estimate of drug-likeness (QED) is 0.0262. The predicted molar refractivity (Wildman–Crippen MR) is 293 cm³/mol. The Bertz CT molecular complexity index is 1360. The van der Waals surface area contributed by atoms with Crippen LogP contribution in [0.25, 0.3) is 0 Å². The standard InChI is InChI=1S/C62H104O6/c1-4-7-10-13-16-19-22-25-28-30-31-33-34-37-40-43-46-49-52-55-61(64)67-58-59(57-66-60(63)54-51-48-45-42-39-36-27-24-21-18-15-12-9-6-3)68-62(65)56-53-50-47-44-41-38-35-32-29-26-23-20-17-14-11-8-5-2/h7-8,10-11,16-17,19-20,24-29,31,33,59H,4-6,9,12-15,18,21-23,30,32,34-58H2,1-3H3/b10-7-,11-8-,19-16-,20-17-,27-24-,28-25-,29-26-,33-31-. The van der Waals surface area contributed by atoms with E-state index in [1.165, 1.54) is 89.9 Å². The number of unbranched alkanes of at least 4 members (excludes halogenated alkanes) is 23. The van der Waals surface area contributed by atoms with E-state index in [0.717, 1.165) is 128 Å². The van der Waals surface area contributed by atoms with Crippen molar-refractivity contribution in [1.29, 1.82) is 0 Å². The van der Waals surface area contributed by atoms with Crippen molar-refractivity contribution in [2.75, 3.05) is 13.2 Å². The van der Waals surface area contributed by atoms with Crippen molar-refractivity contribution in [3.8, 4) is 0 Å². The van der Waals surface area contributed by atoms with E-state index in [2.05, 4.69) is 118 Å². The molecule has 0 heterocycles. The van der Waals surface area contributed by atoms with E-state index in [4.69, 9.17) is 14.2 Å². The van der Waals surface area contributed by atoms with E-state index in [-0.39, 0.29) is 31.1 Å². The molecule has 0 aromatic rings. The van der Waals surface area contributed by atoms with Gasteiger partial charge in [0, 0.05) is 19.3 Å². The fourth-order valence-electron chi connectivity index (χ4n) is 7.62. The Labute approximate surface area is 419 Å². The van der Waals surface area contributed by atoms with Gasteiger partial charge in [-0.1, -0.05) is 221 Å². The average molecular weight is 946 g/mol. The van der Waals surface area contributed by atoms with Crippen LogP contribution in [-0.2, 0) is 28.6 Å². The summed E-state index contributed by atoms with van der Waals surface area (Å²) in [5, 5.41) is 0. The molecular formula is C62H104O6. The molecule has 6 nitrogen and oxygen atoms in total. The zero-order valence-corrected chi connectivity index (χ0v) is 44.3. The first kappa shape index (κ1) is 64.3. The summed E-state index contributed by atoms with van der Waals surface area (Å²) in [6.07, 6.45) is 73.9. The lowest BCUT2D eigenvalue weighted by Crippen LogP contribution is -2.30. The van der Waals surface area contributed by atoms with Crippen LogP contribution in [-0.4, -0.2) is 37.2 Å². The maximum absolute atomic E-state index is 12.9. The van der Waals surface area contributed by atoms with Gasteiger partial charge in [0.25, 0.3) is 0 Å². The first-order chi connectivity index (χ1) is 33.5. The number of rotatable bonds is 50. The molecule has 6 heteroatoms. The Morgan fingerprint density at radius 1 is 0.309 bits per heavy atom. The highest BCUT2D eigenvalue weighted by Crippen LogP contribution is 2.14. The fraction of sp³-hybridized carbons (Fsp3) is 0.694. The van der Waals surface area contributed by atoms with Crippen LogP contribution >= 0.6 is 0 Å².